The van der Waals surface area contributed by atoms with Crippen LogP contribution in [0.2, 0.25) is 0 Å². The van der Waals surface area contributed by atoms with Crippen LogP contribution in [0.1, 0.15) is 28.4 Å². The van der Waals surface area contributed by atoms with Crippen LogP contribution in [0.3, 0.4) is 0 Å². The predicted molar refractivity (Wildman–Crippen MR) is 88.6 cm³/mol. The molecule has 1 aliphatic rings. The first kappa shape index (κ1) is 16.4. The number of carbonyl (C=O) groups is 1. The molecule has 1 amide bonds. The highest BCUT2D eigenvalue weighted by Crippen LogP contribution is 2.19. The van der Waals surface area contributed by atoms with Crippen molar-refractivity contribution in [2.75, 3.05) is 13.1 Å². The minimum Gasteiger partial charge on any atom is -0.335 e. The summed E-state index contributed by atoms with van der Waals surface area (Å²) in [4.78, 5) is 18.7. The second-order valence-corrected chi connectivity index (χ2v) is 5.99. The summed E-state index contributed by atoms with van der Waals surface area (Å²) in [7, 11) is 0. The van der Waals surface area contributed by atoms with E-state index in [1.807, 2.05) is 30.3 Å². The number of amides is 1. The summed E-state index contributed by atoms with van der Waals surface area (Å²) in [6.45, 7) is 1.34. The number of fused-ring (bicyclic) bond motifs is 1. The highest BCUT2D eigenvalue weighted by atomic mass is 19.3. The zero-order valence-electron chi connectivity index (χ0n) is 13.8. The van der Waals surface area contributed by atoms with E-state index in [0.29, 0.717) is 31.9 Å². The zero-order chi connectivity index (χ0) is 18.1. The highest BCUT2D eigenvalue weighted by Gasteiger charge is 2.24. The maximum absolute atomic E-state index is 12.7. The number of nitrogens with zero attached hydrogens (tertiary/aromatic N) is 5. The number of halogens is 2. The van der Waals surface area contributed by atoms with Gasteiger partial charge in [0.2, 0.25) is 0 Å². The van der Waals surface area contributed by atoms with Gasteiger partial charge in [-0.25, -0.2) is 18.4 Å². The van der Waals surface area contributed by atoms with E-state index in [-0.39, 0.29) is 17.3 Å². The number of rotatable bonds is 3. The van der Waals surface area contributed by atoms with Crippen molar-refractivity contribution in [3.05, 3.63) is 53.6 Å². The number of hydrogen-bond acceptors (Lipinski definition) is 4. The van der Waals surface area contributed by atoms with Gasteiger partial charge in [0.05, 0.1) is 6.54 Å². The van der Waals surface area contributed by atoms with Crippen LogP contribution in [0.25, 0.3) is 11.4 Å². The SMILES string of the molecule is O=C(c1cc(C(F)F)[nH]n1)N1CCc2nc(-c3ccccc3)nn2CC1. The lowest BCUT2D eigenvalue weighted by atomic mass is 10.2. The molecule has 3 aromatic rings. The first-order valence-electron chi connectivity index (χ1n) is 8.23. The molecule has 3 heterocycles. The van der Waals surface area contributed by atoms with Crippen molar-refractivity contribution >= 4 is 5.91 Å². The quantitative estimate of drug-likeness (QED) is 0.779. The van der Waals surface area contributed by atoms with Crippen molar-refractivity contribution in [3.63, 3.8) is 0 Å². The fourth-order valence-corrected chi connectivity index (χ4v) is 2.93. The molecule has 26 heavy (non-hydrogen) atoms. The van der Waals surface area contributed by atoms with Gasteiger partial charge in [0.25, 0.3) is 12.3 Å². The molecule has 0 saturated carbocycles. The van der Waals surface area contributed by atoms with Crippen LogP contribution in [0.4, 0.5) is 8.78 Å². The van der Waals surface area contributed by atoms with E-state index in [1.54, 1.807) is 9.58 Å². The summed E-state index contributed by atoms with van der Waals surface area (Å²) in [5.74, 6) is 1.09. The highest BCUT2D eigenvalue weighted by molar-refractivity contribution is 5.92. The molecule has 1 aliphatic heterocycles. The molecule has 0 saturated heterocycles. The summed E-state index contributed by atoms with van der Waals surface area (Å²) >= 11 is 0. The first-order chi connectivity index (χ1) is 12.6. The van der Waals surface area contributed by atoms with Crippen LogP contribution < -0.4 is 0 Å². The molecule has 0 radical (unpaired) electrons. The van der Waals surface area contributed by atoms with Gasteiger partial charge in [0.15, 0.2) is 11.5 Å². The number of aromatic nitrogens is 5. The van der Waals surface area contributed by atoms with E-state index in [0.717, 1.165) is 17.5 Å². The average Bonchev–Trinajstić information content (AvgIpc) is 3.26. The number of aromatic amines is 1. The summed E-state index contributed by atoms with van der Waals surface area (Å²) in [5.41, 5.74) is 0.583. The molecular formula is C17H16F2N6O. The van der Waals surface area contributed by atoms with Crippen LogP contribution in [0.5, 0.6) is 0 Å². The summed E-state index contributed by atoms with van der Waals surface area (Å²) in [6, 6.07) is 10.8. The molecule has 4 rings (SSSR count). The Morgan fingerprint density at radius 1 is 1.15 bits per heavy atom. The molecule has 7 nitrogen and oxygen atoms in total. The number of benzene rings is 1. The van der Waals surface area contributed by atoms with Gasteiger partial charge in [0.1, 0.15) is 11.5 Å². The van der Waals surface area contributed by atoms with E-state index in [9.17, 15) is 13.6 Å². The second kappa shape index (κ2) is 6.66. The summed E-state index contributed by atoms with van der Waals surface area (Å²) in [6.07, 6.45) is -2.14. The van der Waals surface area contributed by atoms with Crippen molar-refractivity contribution in [2.45, 2.75) is 19.4 Å². The Hall–Kier alpha value is -3.10. The van der Waals surface area contributed by atoms with E-state index >= 15 is 0 Å². The Balaban J connectivity index is 1.48. The molecule has 0 atom stereocenters. The Morgan fingerprint density at radius 3 is 2.69 bits per heavy atom. The first-order valence-corrected chi connectivity index (χ1v) is 8.23. The third kappa shape index (κ3) is 3.07. The monoisotopic (exact) mass is 358 g/mol. The van der Waals surface area contributed by atoms with Gasteiger partial charge in [-0.15, -0.1) is 0 Å². The minimum absolute atomic E-state index is 0.00206. The van der Waals surface area contributed by atoms with E-state index < -0.39 is 6.43 Å². The van der Waals surface area contributed by atoms with Gasteiger partial charge in [-0.3, -0.25) is 9.89 Å². The van der Waals surface area contributed by atoms with Gasteiger partial charge in [-0.2, -0.15) is 10.2 Å². The van der Waals surface area contributed by atoms with Crippen molar-refractivity contribution in [2.24, 2.45) is 0 Å². The molecule has 0 bridgehead atoms. The maximum atomic E-state index is 12.7. The van der Waals surface area contributed by atoms with Crippen molar-refractivity contribution in [1.29, 1.82) is 0 Å². The topological polar surface area (TPSA) is 79.7 Å². The second-order valence-electron chi connectivity index (χ2n) is 5.99. The van der Waals surface area contributed by atoms with Gasteiger partial charge in [-0.05, 0) is 6.07 Å². The van der Waals surface area contributed by atoms with Crippen molar-refractivity contribution in [1.82, 2.24) is 29.9 Å². The molecule has 0 fully saturated rings. The third-order valence-electron chi connectivity index (χ3n) is 4.31. The average molecular weight is 358 g/mol. The lowest BCUT2D eigenvalue weighted by Crippen LogP contribution is -2.34. The Bertz CT molecular complexity index is 895. The molecule has 1 aromatic carbocycles. The third-order valence-corrected chi connectivity index (χ3v) is 4.31. The Morgan fingerprint density at radius 2 is 1.96 bits per heavy atom. The van der Waals surface area contributed by atoms with Gasteiger partial charge < -0.3 is 4.90 Å². The summed E-state index contributed by atoms with van der Waals surface area (Å²) < 4.78 is 27.1. The van der Waals surface area contributed by atoms with Gasteiger partial charge in [0, 0.05) is 25.1 Å². The van der Waals surface area contributed by atoms with Gasteiger partial charge in [-0.1, -0.05) is 30.3 Å². The van der Waals surface area contributed by atoms with E-state index in [2.05, 4.69) is 20.3 Å². The summed E-state index contributed by atoms with van der Waals surface area (Å²) in [5, 5.41) is 10.4. The zero-order valence-corrected chi connectivity index (χ0v) is 13.8. The van der Waals surface area contributed by atoms with Crippen LogP contribution in [0.15, 0.2) is 36.4 Å². The van der Waals surface area contributed by atoms with E-state index in [1.165, 1.54) is 0 Å². The van der Waals surface area contributed by atoms with Crippen LogP contribution in [0, 0.1) is 0 Å². The fraction of sp³-hybridized carbons (Fsp3) is 0.294. The predicted octanol–water partition coefficient (Wildman–Crippen LogP) is 2.30. The van der Waals surface area contributed by atoms with Gasteiger partial charge >= 0.3 is 0 Å². The molecule has 1 N–H and O–H groups in total. The number of nitrogens with one attached hydrogen (secondary N) is 1. The van der Waals surface area contributed by atoms with E-state index in [4.69, 9.17) is 0 Å². The molecule has 9 heteroatoms. The lowest BCUT2D eigenvalue weighted by Gasteiger charge is -2.18. The minimum atomic E-state index is -2.68. The molecule has 0 unspecified atom stereocenters. The normalized spacial score (nSPS) is 14.3. The Kier molecular flexibility index (Phi) is 4.19. The lowest BCUT2D eigenvalue weighted by molar-refractivity contribution is 0.0752. The molecular weight excluding hydrogens is 342 g/mol. The van der Waals surface area contributed by atoms with Crippen molar-refractivity contribution < 1.29 is 13.6 Å². The maximum Gasteiger partial charge on any atom is 0.279 e. The molecule has 0 aliphatic carbocycles. The Labute approximate surface area is 147 Å². The number of alkyl halides is 2. The van der Waals surface area contributed by atoms with Crippen LogP contribution >= 0.6 is 0 Å². The molecule has 0 spiro atoms. The van der Waals surface area contributed by atoms with Crippen LogP contribution in [-0.2, 0) is 13.0 Å². The van der Waals surface area contributed by atoms with Crippen LogP contribution in [-0.4, -0.2) is 48.9 Å². The molecule has 2 aromatic heterocycles. The molecule has 134 valence electrons. The smallest absolute Gasteiger partial charge is 0.279 e. The number of H-pyrrole nitrogens is 1. The van der Waals surface area contributed by atoms with Crippen molar-refractivity contribution in [3.8, 4) is 11.4 Å². The fourth-order valence-electron chi connectivity index (χ4n) is 2.93. The number of hydrogen-bond donors (Lipinski definition) is 1. The number of carbonyl (C=O) groups excluding carboxylic acids is 1. The standard InChI is InChI=1S/C17H16F2N6O/c18-15(19)12-10-13(22-21-12)17(26)24-7-6-14-20-16(23-25(14)9-8-24)11-4-2-1-3-5-11/h1-5,10,15H,6-9H2,(H,21,22). The largest absolute Gasteiger partial charge is 0.335 e.